The first kappa shape index (κ1) is 34.8. The van der Waals surface area contributed by atoms with E-state index in [-0.39, 0.29) is 29.9 Å². The summed E-state index contributed by atoms with van der Waals surface area (Å²) in [5, 5.41) is 2.49. The lowest BCUT2D eigenvalue weighted by atomic mass is 9.75. The van der Waals surface area contributed by atoms with E-state index in [1.807, 2.05) is 0 Å². The number of hydrogen-bond acceptors (Lipinski definition) is 11. The van der Waals surface area contributed by atoms with Crippen LogP contribution in [0.5, 0.6) is 5.75 Å². The number of amides is 1. The van der Waals surface area contributed by atoms with Crippen molar-refractivity contribution in [1.29, 1.82) is 0 Å². The van der Waals surface area contributed by atoms with Crippen molar-refractivity contribution < 1.29 is 47.7 Å². The number of hydrogen-bond donors (Lipinski definition) is 1. The molecule has 1 amide bonds. The van der Waals surface area contributed by atoms with Crippen molar-refractivity contribution in [3.8, 4) is 5.75 Å². The van der Waals surface area contributed by atoms with E-state index >= 15 is 0 Å². The molecule has 1 saturated carbocycles. The topological polar surface area (TPSA) is 156 Å². The molecule has 1 aliphatic heterocycles. The normalized spacial score (nSPS) is 27.7. The van der Waals surface area contributed by atoms with Crippen LogP contribution in [0.4, 0.5) is 4.79 Å². The molecule has 2 fully saturated rings. The Hall–Kier alpha value is -3.70. The molecule has 2 heterocycles. The van der Waals surface area contributed by atoms with Crippen molar-refractivity contribution in [1.82, 2.24) is 10.3 Å². The van der Waals surface area contributed by atoms with Crippen molar-refractivity contribution in [3.05, 3.63) is 23.5 Å². The van der Waals surface area contributed by atoms with Crippen LogP contribution in [0.15, 0.2) is 12.3 Å². The van der Waals surface area contributed by atoms with Crippen LogP contribution in [0.25, 0.3) is 0 Å². The molecule has 0 spiro atoms. The van der Waals surface area contributed by atoms with Gasteiger partial charge in [-0.05, 0) is 62.5 Å². The fourth-order valence-electron chi connectivity index (χ4n) is 5.63. The van der Waals surface area contributed by atoms with E-state index in [4.69, 9.17) is 23.7 Å². The number of carbonyl (C=O) groups is 5. The van der Waals surface area contributed by atoms with E-state index < -0.39 is 66.7 Å². The van der Waals surface area contributed by atoms with E-state index in [0.717, 1.165) is 12.8 Å². The Kier molecular flexibility index (Phi) is 12.1. The standard InChI is InChI=1S/C32H46N2O10/c1-9-21-27(43-29(36)17(4)5)20(8)41-31(38)23(15-40-30(21)37)34-28(35)25-26(19(7)12-13-33-25)44-32(39)42-24-14-18(6)10-11-22(24)16(2)3/h12-13,16-18,20-24,27H,9-11,14-15H2,1-8H3,(H,34,35)/t18-,20+,21-,22+,23+,24-,27+/m1/s1. The van der Waals surface area contributed by atoms with E-state index in [9.17, 15) is 24.0 Å². The average molecular weight is 619 g/mol. The molecule has 44 heavy (non-hydrogen) atoms. The number of carbonyl (C=O) groups excluding carboxylic acids is 5. The summed E-state index contributed by atoms with van der Waals surface area (Å²) in [5.41, 5.74) is 0.179. The largest absolute Gasteiger partial charge is 0.514 e. The van der Waals surface area contributed by atoms with Crippen molar-refractivity contribution in [2.45, 2.75) is 105 Å². The molecule has 244 valence electrons. The maximum atomic E-state index is 13.4. The predicted molar refractivity (Wildman–Crippen MR) is 157 cm³/mol. The summed E-state index contributed by atoms with van der Waals surface area (Å²) in [7, 11) is 0. The van der Waals surface area contributed by atoms with E-state index in [1.165, 1.54) is 13.1 Å². The van der Waals surface area contributed by atoms with Gasteiger partial charge in [-0.25, -0.2) is 14.6 Å². The molecule has 7 atom stereocenters. The lowest BCUT2D eigenvalue weighted by Crippen LogP contribution is -2.47. The van der Waals surface area contributed by atoms with Gasteiger partial charge in [-0.2, -0.15) is 0 Å². The molecule has 1 N–H and O–H groups in total. The second-order valence-corrected chi connectivity index (χ2v) is 12.5. The molecule has 12 nitrogen and oxygen atoms in total. The minimum absolute atomic E-state index is 0.117. The number of aromatic nitrogens is 1. The van der Waals surface area contributed by atoms with Gasteiger partial charge in [-0.3, -0.25) is 14.4 Å². The van der Waals surface area contributed by atoms with Gasteiger partial charge in [-0.1, -0.05) is 48.0 Å². The van der Waals surface area contributed by atoms with Crippen LogP contribution in [0, 0.1) is 36.5 Å². The molecule has 0 radical (unpaired) electrons. The second kappa shape index (κ2) is 15.3. The molecule has 0 bridgehead atoms. The summed E-state index contributed by atoms with van der Waals surface area (Å²) >= 11 is 0. The van der Waals surface area contributed by atoms with Gasteiger partial charge < -0.3 is 29.0 Å². The van der Waals surface area contributed by atoms with Crippen LogP contribution in [0.3, 0.4) is 0 Å². The Morgan fingerprint density at radius 3 is 2.41 bits per heavy atom. The Morgan fingerprint density at radius 1 is 1.07 bits per heavy atom. The molecule has 0 unspecified atom stereocenters. The molecule has 1 aromatic rings. The quantitative estimate of drug-likeness (QED) is 0.322. The molecule has 2 aliphatic rings. The maximum Gasteiger partial charge on any atom is 0.514 e. The van der Waals surface area contributed by atoms with E-state index in [1.54, 1.807) is 33.8 Å². The summed E-state index contributed by atoms with van der Waals surface area (Å²) in [6, 6.07) is 0.156. The van der Waals surface area contributed by atoms with Crippen LogP contribution >= 0.6 is 0 Å². The van der Waals surface area contributed by atoms with Gasteiger partial charge in [0.1, 0.15) is 18.8 Å². The SMILES string of the molecule is CC[C@H]1C(=O)OC[C@H](NC(=O)c2nccc(C)c2OC(=O)O[C@@H]2C[C@H](C)CC[C@H]2C(C)C)C(=O)O[C@@H](C)[C@@H]1OC(=O)C(C)C. The van der Waals surface area contributed by atoms with Gasteiger partial charge in [-0.15, -0.1) is 0 Å². The highest BCUT2D eigenvalue weighted by Crippen LogP contribution is 2.36. The van der Waals surface area contributed by atoms with Crippen LogP contribution < -0.4 is 10.1 Å². The van der Waals surface area contributed by atoms with Gasteiger partial charge in [0.25, 0.3) is 5.91 Å². The zero-order valence-electron chi connectivity index (χ0n) is 26.9. The van der Waals surface area contributed by atoms with Crippen molar-refractivity contribution >= 4 is 30.0 Å². The third-order valence-electron chi connectivity index (χ3n) is 8.32. The number of nitrogens with zero attached hydrogens (tertiary/aromatic N) is 1. The summed E-state index contributed by atoms with van der Waals surface area (Å²) in [6.45, 7) is 13.9. The van der Waals surface area contributed by atoms with Crippen LogP contribution in [-0.4, -0.2) is 65.9 Å². The number of pyridine rings is 1. The van der Waals surface area contributed by atoms with E-state index in [2.05, 4.69) is 31.1 Å². The Bertz CT molecular complexity index is 1220. The fourth-order valence-corrected chi connectivity index (χ4v) is 5.63. The number of aryl methyl sites for hydroxylation is 1. The third-order valence-corrected chi connectivity index (χ3v) is 8.32. The van der Waals surface area contributed by atoms with Gasteiger partial charge in [0.05, 0.1) is 11.8 Å². The monoisotopic (exact) mass is 618 g/mol. The summed E-state index contributed by atoms with van der Waals surface area (Å²) < 4.78 is 27.7. The molecule has 0 aromatic carbocycles. The van der Waals surface area contributed by atoms with Crippen molar-refractivity contribution in [3.63, 3.8) is 0 Å². The number of ether oxygens (including phenoxy) is 5. The Balaban J connectivity index is 1.77. The summed E-state index contributed by atoms with van der Waals surface area (Å²) in [6.07, 6.45) is 0.989. The average Bonchev–Trinajstić information content (AvgIpc) is 2.98. The molecular weight excluding hydrogens is 572 g/mol. The molecule has 3 rings (SSSR count). The second-order valence-electron chi connectivity index (χ2n) is 12.5. The van der Waals surface area contributed by atoms with Crippen LogP contribution in [0.2, 0.25) is 0 Å². The number of esters is 3. The Morgan fingerprint density at radius 2 is 1.77 bits per heavy atom. The number of nitrogens with one attached hydrogen (secondary N) is 1. The minimum Gasteiger partial charge on any atom is -0.463 e. The maximum absolute atomic E-state index is 13.4. The first-order valence-corrected chi connectivity index (χ1v) is 15.5. The summed E-state index contributed by atoms with van der Waals surface area (Å²) in [5.74, 6) is -3.57. The van der Waals surface area contributed by atoms with Gasteiger partial charge in [0.2, 0.25) is 0 Å². The zero-order chi connectivity index (χ0) is 32.7. The minimum atomic E-state index is -1.41. The lowest BCUT2D eigenvalue weighted by molar-refractivity contribution is -0.176. The molecule has 1 saturated heterocycles. The van der Waals surface area contributed by atoms with Gasteiger partial charge >= 0.3 is 24.1 Å². The highest BCUT2D eigenvalue weighted by atomic mass is 16.7. The van der Waals surface area contributed by atoms with Gasteiger partial charge in [0.15, 0.2) is 23.6 Å². The first-order chi connectivity index (χ1) is 20.7. The lowest BCUT2D eigenvalue weighted by Gasteiger charge is -2.36. The third kappa shape index (κ3) is 8.69. The highest BCUT2D eigenvalue weighted by Gasteiger charge is 2.41. The molecular formula is C32H46N2O10. The Labute approximate surface area is 258 Å². The molecule has 1 aromatic heterocycles. The predicted octanol–water partition coefficient (Wildman–Crippen LogP) is 4.55. The van der Waals surface area contributed by atoms with Crippen molar-refractivity contribution in [2.75, 3.05) is 6.61 Å². The van der Waals surface area contributed by atoms with Crippen LogP contribution in [0.1, 0.15) is 90.2 Å². The molecule has 1 aliphatic carbocycles. The van der Waals surface area contributed by atoms with Gasteiger partial charge in [0, 0.05) is 6.20 Å². The van der Waals surface area contributed by atoms with Crippen molar-refractivity contribution in [2.24, 2.45) is 29.6 Å². The number of rotatable bonds is 8. The zero-order valence-corrected chi connectivity index (χ0v) is 26.9. The highest BCUT2D eigenvalue weighted by molar-refractivity contribution is 5.98. The number of cyclic esters (lactones) is 2. The van der Waals surface area contributed by atoms with E-state index in [0.29, 0.717) is 23.8 Å². The smallest absolute Gasteiger partial charge is 0.463 e. The summed E-state index contributed by atoms with van der Waals surface area (Å²) in [4.78, 5) is 68.9. The first-order valence-electron chi connectivity index (χ1n) is 15.5. The molecule has 12 heteroatoms. The fraction of sp³-hybridized carbons (Fsp3) is 0.688. The van der Waals surface area contributed by atoms with Crippen LogP contribution in [-0.2, 0) is 33.3 Å².